The van der Waals surface area contributed by atoms with Crippen LogP contribution in [-0.4, -0.2) is 25.2 Å². The lowest BCUT2D eigenvalue weighted by molar-refractivity contribution is 0.0526. The molecule has 0 amide bonds. The van der Waals surface area contributed by atoms with Crippen molar-refractivity contribution in [2.75, 3.05) is 13.2 Å². The average Bonchev–Trinajstić information content (AvgIpc) is 3.19. The van der Waals surface area contributed by atoms with Crippen molar-refractivity contribution in [2.24, 2.45) is 0 Å². The minimum Gasteiger partial charge on any atom is -0.492 e. The predicted octanol–water partition coefficient (Wildman–Crippen LogP) is 3.79. The van der Waals surface area contributed by atoms with E-state index in [4.69, 9.17) is 9.47 Å². The first-order chi connectivity index (χ1) is 13.0. The lowest BCUT2D eigenvalue weighted by Gasteiger charge is -2.16. The number of fused-ring (bicyclic) bond motifs is 2. The predicted molar refractivity (Wildman–Crippen MR) is 105 cm³/mol. The fourth-order valence-electron chi connectivity index (χ4n) is 4.06. The molecule has 1 N–H and O–H groups in total. The first-order valence-electron chi connectivity index (χ1n) is 9.75. The number of benzene rings is 2. The molecule has 142 valence electrons. The Bertz CT molecular complexity index is 872. The van der Waals surface area contributed by atoms with Gasteiger partial charge in [-0.15, -0.1) is 0 Å². The molecule has 1 unspecified atom stereocenters. The molecular formula is C23H27NO3. The van der Waals surface area contributed by atoms with Gasteiger partial charge in [0.1, 0.15) is 5.75 Å². The molecule has 0 aromatic heterocycles. The highest BCUT2D eigenvalue weighted by molar-refractivity contribution is 5.89. The van der Waals surface area contributed by atoms with Crippen molar-refractivity contribution in [3.8, 4) is 5.75 Å². The Kier molecular flexibility index (Phi) is 4.68. The minimum atomic E-state index is -0.238. The molecule has 1 aliphatic heterocycles. The summed E-state index contributed by atoms with van der Waals surface area (Å²) in [5.74, 6) is 0.783. The fourth-order valence-corrected chi connectivity index (χ4v) is 4.06. The van der Waals surface area contributed by atoms with Gasteiger partial charge >= 0.3 is 5.97 Å². The van der Waals surface area contributed by atoms with Crippen LogP contribution in [0.2, 0.25) is 0 Å². The van der Waals surface area contributed by atoms with Gasteiger partial charge in [-0.05, 0) is 54.7 Å². The minimum absolute atomic E-state index is 0.102. The van der Waals surface area contributed by atoms with Gasteiger partial charge < -0.3 is 14.8 Å². The van der Waals surface area contributed by atoms with Crippen LogP contribution in [0.15, 0.2) is 36.4 Å². The van der Waals surface area contributed by atoms with E-state index >= 15 is 0 Å². The lowest BCUT2D eigenvalue weighted by atomic mass is 9.86. The van der Waals surface area contributed by atoms with Gasteiger partial charge in [-0.3, -0.25) is 0 Å². The Morgan fingerprint density at radius 2 is 2.00 bits per heavy atom. The lowest BCUT2D eigenvalue weighted by Crippen LogP contribution is -2.28. The number of rotatable bonds is 5. The highest BCUT2D eigenvalue weighted by Crippen LogP contribution is 2.38. The topological polar surface area (TPSA) is 47.6 Å². The molecule has 27 heavy (non-hydrogen) atoms. The van der Waals surface area contributed by atoms with Crippen LogP contribution in [0.5, 0.6) is 5.75 Å². The van der Waals surface area contributed by atoms with Gasteiger partial charge in [-0.25, -0.2) is 4.79 Å². The molecule has 1 heterocycles. The van der Waals surface area contributed by atoms with Crippen molar-refractivity contribution in [2.45, 2.75) is 51.6 Å². The van der Waals surface area contributed by atoms with Gasteiger partial charge in [0, 0.05) is 23.6 Å². The normalized spacial score (nSPS) is 19.3. The zero-order chi connectivity index (χ0) is 19.0. The molecule has 2 aromatic rings. The fraction of sp³-hybridized carbons (Fsp3) is 0.435. The molecule has 1 aliphatic carbocycles. The molecule has 0 bridgehead atoms. The summed E-state index contributed by atoms with van der Waals surface area (Å²) < 4.78 is 11.0. The van der Waals surface area contributed by atoms with Gasteiger partial charge in [0.05, 0.1) is 18.8 Å². The second-order valence-electron chi connectivity index (χ2n) is 8.19. The van der Waals surface area contributed by atoms with Crippen molar-refractivity contribution >= 4 is 5.97 Å². The number of ether oxygens (including phenoxy) is 2. The average molecular weight is 365 g/mol. The van der Waals surface area contributed by atoms with Crippen molar-refractivity contribution in [3.05, 3.63) is 64.2 Å². The van der Waals surface area contributed by atoms with E-state index in [9.17, 15) is 4.79 Å². The van der Waals surface area contributed by atoms with Crippen LogP contribution in [-0.2, 0) is 29.5 Å². The molecule has 0 spiro atoms. The smallest absolute Gasteiger partial charge is 0.338 e. The van der Waals surface area contributed by atoms with E-state index in [0.717, 1.165) is 31.7 Å². The van der Waals surface area contributed by atoms with E-state index in [1.165, 1.54) is 22.3 Å². The Balaban J connectivity index is 1.38. The zero-order valence-corrected chi connectivity index (χ0v) is 16.3. The summed E-state index contributed by atoms with van der Waals surface area (Å²) >= 11 is 0. The van der Waals surface area contributed by atoms with Crippen molar-refractivity contribution in [1.29, 1.82) is 0 Å². The molecule has 0 radical (unpaired) electrons. The maximum Gasteiger partial charge on any atom is 0.338 e. The quantitative estimate of drug-likeness (QED) is 0.819. The van der Waals surface area contributed by atoms with E-state index in [2.05, 4.69) is 43.4 Å². The van der Waals surface area contributed by atoms with E-state index in [1.54, 1.807) is 0 Å². The number of carbonyl (C=O) groups excluding carboxylic acids is 1. The van der Waals surface area contributed by atoms with Crippen LogP contribution in [0.3, 0.4) is 0 Å². The SMILES string of the molecule is CCOC(=O)c1ccc2c(c1)CC(NCc1ccc3c(c1)OCC3(C)C)C2. The second-order valence-corrected chi connectivity index (χ2v) is 8.19. The second kappa shape index (κ2) is 7.01. The number of esters is 1. The number of hydrogen-bond donors (Lipinski definition) is 1. The summed E-state index contributed by atoms with van der Waals surface area (Å²) in [4.78, 5) is 11.9. The zero-order valence-electron chi connectivity index (χ0n) is 16.3. The Morgan fingerprint density at radius 1 is 1.19 bits per heavy atom. The van der Waals surface area contributed by atoms with E-state index in [-0.39, 0.29) is 11.4 Å². The molecule has 2 aliphatic rings. The molecule has 4 heteroatoms. The van der Waals surface area contributed by atoms with Crippen LogP contribution in [0.4, 0.5) is 0 Å². The van der Waals surface area contributed by atoms with E-state index < -0.39 is 0 Å². The third-order valence-corrected chi connectivity index (χ3v) is 5.61. The van der Waals surface area contributed by atoms with E-state index in [1.807, 2.05) is 19.1 Å². The standard InChI is InChI=1S/C23H27NO3/c1-4-26-22(25)17-7-6-16-11-19(12-18(16)10-17)24-13-15-5-8-20-21(9-15)27-14-23(20,2)3/h5-10,19,24H,4,11-14H2,1-3H3. The summed E-state index contributed by atoms with van der Waals surface area (Å²) in [6.07, 6.45) is 1.93. The first kappa shape index (κ1) is 18.1. The summed E-state index contributed by atoms with van der Waals surface area (Å²) in [5.41, 5.74) is 5.86. The maximum atomic E-state index is 11.9. The molecule has 2 aromatic carbocycles. The molecule has 1 atom stereocenters. The third-order valence-electron chi connectivity index (χ3n) is 5.61. The molecular weight excluding hydrogens is 338 g/mol. The molecule has 4 nitrogen and oxygen atoms in total. The van der Waals surface area contributed by atoms with Gasteiger partial charge in [0.25, 0.3) is 0 Å². The maximum absolute atomic E-state index is 11.9. The molecule has 0 saturated carbocycles. The van der Waals surface area contributed by atoms with Crippen molar-refractivity contribution < 1.29 is 14.3 Å². The van der Waals surface area contributed by atoms with E-state index in [0.29, 0.717) is 18.2 Å². The van der Waals surface area contributed by atoms with Crippen LogP contribution < -0.4 is 10.1 Å². The molecule has 4 rings (SSSR count). The summed E-state index contributed by atoms with van der Waals surface area (Å²) in [7, 11) is 0. The number of hydrogen-bond acceptors (Lipinski definition) is 4. The number of carbonyl (C=O) groups is 1. The third kappa shape index (κ3) is 3.59. The van der Waals surface area contributed by atoms with Crippen molar-refractivity contribution in [3.63, 3.8) is 0 Å². The highest BCUT2D eigenvalue weighted by Gasteiger charge is 2.31. The van der Waals surface area contributed by atoms with Crippen LogP contribution >= 0.6 is 0 Å². The largest absolute Gasteiger partial charge is 0.492 e. The Morgan fingerprint density at radius 3 is 2.81 bits per heavy atom. The summed E-state index contributed by atoms with van der Waals surface area (Å²) in [5, 5.41) is 3.66. The van der Waals surface area contributed by atoms with Crippen LogP contribution in [0, 0.1) is 0 Å². The summed E-state index contributed by atoms with van der Waals surface area (Å²) in [6, 6.07) is 12.9. The van der Waals surface area contributed by atoms with Gasteiger partial charge in [0.15, 0.2) is 0 Å². The van der Waals surface area contributed by atoms with Gasteiger partial charge in [-0.1, -0.05) is 32.0 Å². The monoisotopic (exact) mass is 365 g/mol. The van der Waals surface area contributed by atoms with Gasteiger partial charge in [0.2, 0.25) is 0 Å². The summed E-state index contributed by atoms with van der Waals surface area (Å²) in [6.45, 7) is 8.24. The highest BCUT2D eigenvalue weighted by atomic mass is 16.5. The van der Waals surface area contributed by atoms with Crippen LogP contribution in [0.1, 0.15) is 53.4 Å². The Labute approximate surface area is 160 Å². The first-order valence-corrected chi connectivity index (χ1v) is 9.75. The van der Waals surface area contributed by atoms with Crippen molar-refractivity contribution in [1.82, 2.24) is 5.32 Å². The molecule has 0 fully saturated rings. The van der Waals surface area contributed by atoms with Crippen LogP contribution in [0.25, 0.3) is 0 Å². The Hall–Kier alpha value is -2.33. The number of nitrogens with one attached hydrogen (secondary N) is 1. The van der Waals surface area contributed by atoms with Gasteiger partial charge in [-0.2, -0.15) is 0 Å². The molecule has 0 saturated heterocycles.